The van der Waals surface area contributed by atoms with Gasteiger partial charge in [0.15, 0.2) is 0 Å². The van der Waals surface area contributed by atoms with Gasteiger partial charge in [-0.15, -0.1) is 11.6 Å². The molecular weight excluding hydrogens is 352 g/mol. The molecule has 26 heavy (non-hydrogen) atoms. The van der Waals surface area contributed by atoms with E-state index >= 15 is 0 Å². The molecule has 2 unspecified atom stereocenters. The fraction of sp³-hybridized carbons (Fsp3) is 0.600. The van der Waals surface area contributed by atoms with Gasteiger partial charge in [-0.2, -0.15) is 0 Å². The second-order valence-electron chi connectivity index (χ2n) is 7.31. The van der Waals surface area contributed by atoms with Crippen LogP contribution >= 0.6 is 11.6 Å². The Hall–Kier alpha value is -1.75. The van der Waals surface area contributed by atoms with E-state index in [0.717, 1.165) is 32.2 Å². The van der Waals surface area contributed by atoms with E-state index in [1.807, 2.05) is 36.1 Å². The van der Waals surface area contributed by atoms with E-state index in [4.69, 9.17) is 16.3 Å². The normalized spacial score (nSPS) is 21.6. The minimum absolute atomic E-state index is 0.00156. The highest BCUT2D eigenvalue weighted by molar-refractivity contribution is 6.27. The molecule has 0 bridgehead atoms. The highest BCUT2D eigenvalue weighted by Crippen LogP contribution is 2.29. The lowest BCUT2D eigenvalue weighted by Gasteiger charge is -2.36. The number of nitrogens with one attached hydrogen (secondary N) is 1. The van der Waals surface area contributed by atoms with E-state index in [0.29, 0.717) is 17.9 Å². The fourth-order valence-electron chi connectivity index (χ4n) is 3.60. The highest BCUT2D eigenvalue weighted by Gasteiger charge is 2.30. The lowest BCUT2D eigenvalue weighted by Crippen LogP contribution is -2.48. The van der Waals surface area contributed by atoms with Crippen molar-refractivity contribution in [3.8, 4) is 5.75 Å². The molecule has 2 fully saturated rings. The number of piperidine rings is 1. The maximum absolute atomic E-state index is 13.1. The summed E-state index contributed by atoms with van der Waals surface area (Å²) in [7, 11) is 0. The second kappa shape index (κ2) is 8.76. The number of amides is 2. The van der Waals surface area contributed by atoms with Crippen LogP contribution in [-0.2, 0) is 4.79 Å². The van der Waals surface area contributed by atoms with Gasteiger partial charge >= 0.3 is 0 Å². The van der Waals surface area contributed by atoms with Gasteiger partial charge in [-0.25, -0.2) is 0 Å². The van der Waals surface area contributed by atoms with Crippen molar-refractivity contribution >= 4 is 23.4 Å². The fourth-order valence-corrected chi connectivity index (χ4v) is 3.67. The van der Waals surface area contributed by atoms with E-state index in [2.05, 4.69) is 5.32 Å². The van der Waals surface area contributed by atoms with Gasteiger partial charge in [-0.1, -0.05) is 12.1 Å². The number of carbonyl (C=O) groups is 2. The standard InChI is InChI=1S/C20H27ClN2O3/c1-14(22-19(24)12-21)15-6-5-11-23(13-15)20(25)17-9-2-3-10-18(17)26-16-7-4-8-16/h2-3,9-10,14-16H,4-8,11-13H2,1H3,(H,22,24). The molecule has 2 atom stereocenters. The number of hydrogen-bond acceptors (Lipinski definition) is 3. The summed E-state index contributed by atoms with van der Waals surface area (Å²) in [4.78, 5) is 26.5. The number of rotatable bonds is 6. The SMILES string of the molecule is CC(NC(=O)CCl)C1CCCN(C(=O)c2ccccc2OC2CCC2)C1. The van der Waals surface area contributed by atoms with E-state index < -0.39 is 0 Å². The minimum atomic E-state index is -0.165. The first-order valence-corrected chi connectivity index (χ1v) is 10.0. The van der Waals surface area contributed by atoms with Crippen LogP contribution in [0.4, 0.5) is 0 Å². The molecule has 1 heterocycles. The lowest BCUT2D eigenvalue weighted by molar-refractivity contribution is -0.119. The Bertz CT molecular complexity index is 648. The Balaban J connectivity index is 1.66. The van der Waals surface area contributed by atoms with Gasteiger partial charge in [-0.3, -0.25) is 9.59 Å². The van der Waals surface area contributed by atoms with Gasteiger partial charge in [0.2, 0.25) is 5.91 Å². The number of halogens is 1. The minimum Gasteiger partial charge on any atom is -0.490 e. The number of alkyl halides is 1. The summed E-state index contributed by atoms with van der Waals surface area (Å²) in [6.07, 6.45) is 5.49. The summed E-state index contributed by atoms with van der Waals surface area (Å²) in [6, 6.07) is 7.52. The molecule has 2 amide bonds. The summed E-state index contributed by atoms with van der Waals surface area (Å²) in [5, 5.41) is 2.92. The summed E-state index contributed by atoms with van der Waals surface area (Å²) >= 11 is 5.58. The van der Waals surface area contributed by atoms with Gasteiger partial charge in [0.05, 0.1) is 11.7 Å². The summed E-state index contributed by atoms with van der Waals surface area (Å²) in [6.45, 7) is 3.36. The van der Waals surface area contributed by atoms with Crippen molar-refractivity contribution in [2.24, 2.45) is 5.92 Å². The van der Waals surface area contributed by atoms with E-state index in [1.165, 1.54) is 6.42 Å². The molecule has 142 valence electrons. The van der Waals surface area contributed by atoms with Crippen molar-refractivity contribution in [3.05, 3.63) is 29.8 Å². The summed E-state index contributed by atoms with van der Waals surface area (Å²) in [5.74, 6) is 0.737. The van der Waals surface area contributed by atoms with Crippen LogP contribution in [0.2, 0.25) is 0 Å². The maximum atomic E-state index is 13.1. The number of carbonyl (C=O) groups excluding carboxylic acids is 2. The zero-order valence-corrected chi connectivity index (χ0v) is 16.0. The van der Waals surface area contributed by atoms with Crippen molar-refractivity contribution in [2.75, 3.05) is 19.0 Å². The Kier molecular flexibility index (Phi) is 6.41. The Morgan fingerprint density at radius 2 is 2.04 bits per heavy atom. The van der Waals surface area contributed by atoms with Crippen molar-refractivity contribution in [1.29, 1.82) is 0 Å². The van der Waals surface area contributed by atoms with E-state index in [1.54, 1.807) is 0 Å². The zero-order chi connectivity index (χ0) is 18.5. The number of para-hydroxylation sites is 1. The van der Waals surface area contributed by atoms with Crippen LogP contribution in [0.5, 0.6) is 5.75 Å². The van der Waals surface area contributed by atoms with Crippen LogP contribution in [0.3, 0.4) is 0 Å². The maximum Gasteiger partial charge on any atom is 0.257 e. The van der Waals surface area contributed by atoms with Crippen LogP contribution < -0.4 is 10.1 Å². The molecule has 1 saturated carbocycles. The van der Waals surface area contributed by atoms with Crippen molar-refractivity contribution in [3.63, 3.8) is 0 Å². The summed E-state index contributed by atoms with van der Waals surface area (Å²) in [5.41, 5.74) is 0.637. The monoisotopic (exact) mass is 378 g/mol. The third kappa shape index (κ3) is 4.50. The Morgan fingerprint density at radius 1 is 1.27 bits per heavy atom. The molecule has 6 heteroatoms. The predicted molar refractivity (Wildman–Crippen MR) is 102 cm³/mol. The molecule has 3 rings (SSSR count). The van der Waals surface area contributed by atoms with Gasteiger partial charge in [0.1, 0.15) is 11.6 Å². The molecule has 1 aliphatic heterocycles. The average molecular weight is 379 g/mol. The molecule has 1 aromatic carbocycles. The van der Waals surface area contributed by atoms with Crippen LogP contribution in [0.15, 0.2) is 24.3 Å². The van der Waals surface area contributed by atoms with Gasteiger partial charge in [0, 0.05) is 19.1 Å². The molecular formula is C20H27ClN2O3. The third-order valence-electron chi connectivity index (χ3n) is 5.43. The smallest absolute Gasteiger partial charge is 0.257 e. The third-order valence-corrected chi connectivity index (χ3v) is 5.67. The predicted octanol–water partition coefficient (Wildman–Crippen LogP) is 3.21. The largest absolute Gasteiger partial charge is 0.490 e. The molecule has 5 nitrogen and oxygen atoms in total. The van der Waals surface area contributed by atoms with Crippen molar-refractivity contribution in [1.82, 2.24) is 10.2 Å². The molecule has 2 aliphatic rings. The Labute approximate surface area is 160 Å². The molecule has 0 aromatic heterocycles. The number of benzene rings is 1. The molecule has 1 N–H and O–H groups in total. The molecule has 1 aliphatic carbocycles. The first kappa shape index (κ1) is 19.0. The van der Waals surface area contributed by atoms with Crippen LogP contribution in [0, 0.1) is 5.92 Å². The van der Waals surface area contributed by atoms with Gasteiger partial charge in [0.25, 0.3) is 5.91 Å². The Morgan fingerprint density at radius 3 is 2.73 bits per heavy atom. The number of likely N-dealkylation sites (tertiary alicyclic amines) is 1. The average Bonchev–Trinajstić information content (AvgIpc) is 2.64. The van der Waals surface area contributed by atoms with Crippen molar-refractivity contribution in [2.45, 2.75) is 51.2 Å². The van der Waals surface area contributed by atoms with E-state index in [-0.39, 0.29) is 35.8 Å². The number of ether oxygens (including phenoxy) is 1. The quantitative estimate of drug-likeness (QED) is 0.773. The topological polar surface area (TPSA) is 58.6 Å². The van der Waals surface area contributed by atoms with E-state index in [9.17, 15) is 9.59 Å². The zero-order valence-electron chi connectivity index (χ0n) is 15.2. The second-order valence-corrected chi connectivity index (χ2v) is 7.58. The van der Waals surface area contributed by atoms with Crippen molar-refractivity contribution < 1.29 is 14.3 Å². The van der Waals surface area contributed by atoms with Gasteiger partial charge in [-0.05, 0) is 57.1 Å². The van der Waals surface area contributed by atoms with Crippen LogP contribution in [-0.4, -0.2) is 47.8 Å². The van der Waals surface area contributed by atoms with Crippen LogP contribution in [0.25, 0.3) is 0 Å². The molecule has 1 aromatic rings. The van der Waals surface area contributed by atoms with Gasteiger partial charge < -0.3 is 15.0 Å². The molecule has 1 saturated heterocycles. The summed E-state index contributed by atoms with van der Waals surface area (Å²) < 4.78 is 6.02. The first-order valence-electron chi connectivity index (χ1n) is 9.48. The first-order chi connectivity index (χ1) is 12.6. The lowest BCUT2D eigenvalue weighted by atomic mass is 9.91. The molecule has 0 radical (unpaired) electrons. The number of nitrogens with zero attached hydrogens (tertiary/aromatic N) is 1. The number of hydrogen-bond donors (Lipinski definition) is 1. The molecule has 0 spiro atoms. The van der Waals surface area contributed by atoms with Crippen LogP contribution in [0.1, 0.15) is 49.4 Å². The highest BCUT2D eigenvalue weighted by atomic mass is 35.5.